The number of carbonyl (C=O) groups excluding carboxylic acids is 2. The van der Waals surface area contributed by atoms with Gasteiger partial charge in [0.25, 0.3) is 0 Å². The number of benzene rings is 2. The second-order valence-electron chi connectivity index (χ2n) is 6.67. The van der Waals surface area contributed by atoms with Crippen LogP contribution in [-0.2, 0) is 16.1 Å². The fourth-order valence-electron chi connectivity index (χ4n) is 3.22. The van der Waals surface area contributed by atoms with E-state index in [0.717, 1.165) is 16.1 Å². The Balaban J connectivity index is 1.41. The molecule has 0 fully saturated rings. The summed E-state index contributed by atoms with van der Waals surface area (Å²) in [4.78, 5) is 27.6. The van der Waals surface area contributed by atoms with Crippen LogP contribution in [0.5, 0.6) is 0 Å². The minimum atomic E-state index is -0.203. The number of rotatable bonds is 6. The van der Waals surface area contributed by atoms with Crippen LogP contribution in [0.4, 0.5) is 11.5 Å². The van der Waals surface area contributed by atoms with Crippen molar-refractivity contribution in [3.05, 3.63) is 70.3 Å². The quantitative estimate of drug-likeness (QED) is 0.578. The number of fused-ring (bicyclic) bond motifs is 1. The van der Waals surface area contributed by atoms with Gasteiger partial charge in [0, 0.05) is 39.5 Å². The van der Waals surface area contributed by atoms with Crippen molar-refractivity contribution in [2.24, 2.45) is 0 Å². The van der Waals surface area contributed by atoms with Crippen LogP contribution in [-0.4, -0.2) is 33.9 Å². The summed E-state index contributed by atoms with van der Waals surface area (Å²) in [6, 6.07) is 14.7. The summed E-state index contributed by atoms with van der Waals surface area (Å²) >= 11 is 14.0. The SMILES string of the molecule is O=C(CCN1C(=O)CSc2ccccc21)Nc1ccnn1Cc1c(Cl)cccc1Cl. The minimum Gasteiger partial charge on any atom is -0.311 e. The Morgan fingerprint density at radius 2 is 1.87 bits per heavy atom. The first-order valence-electron chi connectivity index (χ1n) is 9.29. The van der Waals surface area contributed by atoms with E-state index in [1.165, 1.54) is 11.8 Å². The van der Waals surface area contributed by atoms with Crippen LogP contribution in [0.2, 0.25) is 10.0 Å². The molecule has 1 aliphatic heterocycles. The van der Waals surface area contributed by atoms with Gasteiger partial charge in [-0.1, -0.05) is 41.4 Å². The van der Waals surface area contributed by atoms with Gasteiger partial charge >= 0.3 is 0 Å². The lowest BCUT2D eigenvalue weighted by Gasteiger charge is -2.28. The summed E-state index contributed by atoms with van der Waals surface area (Å²) in [6.07, 6.45) is 1.77. The third kappa shape index (κ3) is 4.48. The van der Waals surface area contributed by atoms with E-state index in [0.29, 0.717) is 34.7 Å². The Bertz CT molecular complexity index is 1080. The molecule has 4 rings (SSSR count). The molecule has 0 spiro atoms. The zero-order valence-electron chi connectivity index (χ0n) is 15.8. The van der Waals surface area contributed by atoms with Crippen LogP contribution in [0.1, 0.15) is 12.0 Å². The van der Waals surface area contributed by atoms with Gasteiger partial charge in [-0.05, 0) is 24.3 Å². The van der Waals surface area contributed by atoms with Crippen molar-refractivity contribution in [1.29, 1.82) is 0 Å². The molecule has 2 heterocycles. The molecule has 30 heavy (non-hydrogen) atoms. The molecule has 1 N–H and O–H groups in total. The molecule has 0 aliphatic carbocycles. The zero-order chi connectivity index (χ0) is 21.1. The number of anilines is 2. The maximum absolute atomic E-state index is 12.6. The molecule has 0 radical (unpaired) electrons. The minimum absolute atomic E-state index is 0.00454. The van der Waals surface area contributed by atoms with Gasteiger partial charge < -0.3 is 10.2 Å². The lowest BCUT2D eigenvalue weighted by molar-refractivity contribution is -0.117. The Labute approximate surface area is 188 Å². The summed E-state index contributed by atoms with van der Waals surface area (Å²) in [5.41, 5.74) is 1.58. The van der Waals surface area contributed by atoms with E-state index in [2.05, 4.69) is 10.4 Å². The molecule has 6 nitrogen and oxygen atoms in total. The summed E-state index contributed by atoms with van der Waals surface area (Å²) in [5.74, 6) is 0.719. The summed E-state index contributed by atoms with van der Waals surface area (Å²) in [6.45, 7) is 0.642. The van der Waals surface area contributed by atoms with E-state index >= 15 is 0 Å². The number of nitrogens with zero attached hydrogens (tertiary/aromatic N) is 3. The number of nitrogens with one attached hydrogen (secondary N) is 1. The second kappa shape index (κ2) is 9.12. The second-order valence-corrected chi connectivity index (χ2v) is 8.51. The molecule has 154 valence electrons. The lowest BCUT2D eigenvalue weighted by Crippen LogP contribution is -2.37. The number of thioether (sulfide) groups is 1. The molecular weight excluding hydrogens is 443 g/mol. The Hall–Kier alpha value is -2.48. The summed E-state index contributed by atoms with van der Waals surface area (Å²) < 4.78 is 1.63. The number of aromatic nitrogens is 2. The Morgan fingerprint density at radius 1 is 1.10 bits per heavy atom. The average Bonchev–Trinajstić information content (AvgIpc) is 3.16. The number of hydrogen-bond acceptors (Lipinski definition) is 4. The van der Waals surface area contributed by atoms with E-state index in [4.69, 9.17) is 23.2 Å². The molecule has 0 unspecified atom stereocenters. The number of halogens is 2. The van der Waals surface area contributed by atoms with E-state index < -0.39 is 0 Å². The van der Waals surface area contributed by atoms with Crippen molar-refractivity contribution >= 4 is 58.3 Å². The third-order valence-electron chi connectivity index (χ3n) is 4.72. The van der Waals surface area contributed by atoms with Crippen molar-refractivity contribution in [2.45, 2.75) is 17.9 Å². The fourth-order valence-corrected chi connectivity index (χ4v) is 4.67. The van der Waals surface area contributed by atoms with Crippen LogP contribution in [0, 0.1) is 0 Å². The number of para-hydroxylation sites is 1. The highest BCUT2D eigenvalue weighted by atomic mass is 35.5. The highest BCUT2D eigenvalue weighted by Crippen LogP contribution is 2.35. The van der Waals surface area contributed by atoms with Gasteiger partial charge in [-0.3, -0.25) is 9.59 Å². The van der Waals surface area contributed by atoms with E-state index in [1.807, 2.05) is 24.3 Å². The zero-order valence-corrected chi connectivity index (χ0v) is 18.2. The molecule has 9 heteroatoms. The summed E-state index contributed by atoms with van der Waals surface area (Å²) in [7, 11) is 0. The highest BCUT2D eigenvalue weighted by molar-refractivity contribution is 8.00. The number of hydrogen-bond donors (Lipinski definition) is 1. The van der Waals surface area contributed by atoms with E-state index in [9.17, 15) is 9.59 Å². The fraction of sp³-hybridized carbons (Fsp3) is 0.190. The maximum atomic E-state index is 12.6. The van der Waals surface area contributed by atoms with E-state index in [-0.39, 0.29) is 18.2 Å². The highest BCUT2D eigenvalue weighted by Gasteiger charge is 2.24. The average molecular weight is 461 g/mol. The van der Waals surface area contributed by atoms with Gasteiger partial charge in [0.1, 0.15) is 5.82 Å². The molecule has 0 saturated carbocycles. The molecule has 0 atom stereocenters. The van der Waals surface area contributed by atoms with Gasteiger partial charge in [0.2, 0.25) is 11.8 Å². The van der Waals surface area contributed by atoms with Crippen molar-refractivity contribution < 1.29 is 9.59 Å². The smallest absolute Gasteiger partial charge is 0.237 e. The van der Waals surface area contributed by atoms with Gasteiger partial charge in [0.15, 0.2) is 0 Å². The molecule has 3 aromatic rings. The first-order chi connectivity index (χ1) is 14.5. The topological polar surface area (TPSA) is 67.2 Å². The van der Waals surface area contributed by atoms with Gasteiger partial charge in [0.05, 0.1) is 24.2 Å². The third-order valence-corrected chi connectivity index (χ3v) is 6.48. The summed E-state index contributed by atoms with van der Waals surface area (Å²) in [5, 5.41) is 8.19. The van der Waals surface area contributed by atoms with Gasteiger partial charge in [-0.15, -0.1) is 11.8 Å². The molecule has 2 aromatic carbocycles. The van der Waals surface area contributed by atoms with Crippen molar-refractivity contribution in [3.8, 4) is 0 Å². The molecule has 1 aromatic heterocycles. The van der Waals surface area contributed by atoms with Crippen molar-refractivity contribution in [1.82, 2.24) is 9.78 Å². The van der Waals surface area contributed by atoms with Crippen molar-refractivity contribution in [3.63, 3.8) is 0 Å². The molecule has 0 bridgehead atoms. The molecule has 0 saturated heterocycles. The molecule has 1 aliphatic rings. The standard InChI is InChI=1S/C21H18Cl2N4O2S/c22-15-4-3-5-16(23)14(15)12-27-19(8-10-24-27)25-20(28)9-11-26-17-6-1-2-7-18(17)30-13-21(26)29/h1-8,10H,9,11-13H2,(H,25,28). The first kappa shape index (κ1) is 20.8. The van der Waals surface area contributed by atoms with Gasteiger partial charge in [-0.2, -0.15) is 5.10 Å². The van der Waals surface area contributed by atoms with Crippen LogP contribution in [0.15, 0.2) is 59.6 Å². The van der Waals surface area contributed by atoms with Crippen LogP contribution < -0.4 is 10.2 Å². The normalized spacial score (nSPS) is 13.3. The predicted octanol–water partition coefficient (Wildman–Crippen LogP) is 4.71. The maximum Gasteiger partial charge on any atom is 0.237 e. The van der Waals surface area contributed by atoms with Crippen LogP contribution in [0.25, 0.3) is 0 Å². The van der Waals surface area contributed by atoms with Crippen LogP contribution in [0.3, 0.4) is 0 Å². The number of amides is 2. The first-order valence-corrected chi connectivity index (χ1v) is 11.0. The Kier molecular flexibility index (Phi) is 6.32. The number of carbonyl (C=O) groups is 2. The predicted molar refractivity (Wildman–Crippen MR) is 121 cm³/mol. The molecule has 2 amide bonds. The molecular formula is C21H18Cl2N4O2S. The van der Waals surface area contributed by atoms with Crippen molar-refractivity contribution in [2.75, 3.05) is 22.5 Å². The van der Waals surface area contributed by atoms with E-state index in [1.54, 1.807) is 40.0 Å². The van der Waals surface area contributed by atoms with Gasteiger partial charge in [-0.25, -0.2) is 4.68 Å². The lowest BCUT2D eigenvalue weighted by atomic mass is 10.2. The van der Waals surface area contributed by atoms with Crippen LogP contribution >= 0.6 is 35.0 Å². The Morgan fingerprint density at radius 3 is 2.67 bits per heavy atom. The largest absolute Gasteiger partial charge is 0.311 e. The monoisotopic (exact) mass is 460 g/mol.